The predicted molar refractivity (Wildman–Crippen MR) is 122 cm³/mol. The lowest BCUT2D eigenvalue weighted by molar-refractivity contribution is 0.0705. The Morgan fingerprint density at radius 2 is 1.97 bits per heavy atom. The molecule has 0 aliphatic rings. The normalized spacial score (nSPS) is 11.3. The van der Waals surface area contributed by atoms with Crippen molar-refractivity contribution in [2.24, 2.45) is 0 Å². The van der Waals surface area contributed by atoms with Gasteiger partial charge in [0, 0.05) is 23.4 Å². The van der Waals surface area contributed by atoms with Gasteiger partial charge in [-0.3, -0.25) is 0 Å². The molecule has 0 radical (unpaired) electrons. The van der Waals surface area contributed by atoms with Crippen LogP contribution in [-0.2, 0) is 16.1 Å². The molecule has 0 aliphatic carbocycles. The highest BCUT2D eigenvalue weighted by atomic mass is 16.7. The Hall–Kier alpha value is -3.78. The summed E-state index contributed by atoms with van der Waals surface area (Å²) in [5.74, 6) is 1.34. The number of nitrogens with two attached hydrogens (primary N) is 1. The van der Waals surface area contributed by atoms with Gasteiger partial charge in [0.25, 0.3) is 0 Å². The van der Waals surface area contributed by atoms with Crippen LogP contribution in [0.1, 0.15) is 25.0 Å². The van der Waals surface area contributed by atoms with Crippen LogP contribution in [0.5, 0.6) is 17.4 Å². The van der Waals surface area contributed by atoms with Gasteiger partial charge < -0.3 is 29.7 Å². The molecular formula is C24H25N3O5. The quantitative estimate of drug-likeness (QED) is 0.305. The van der Waals surface area contributed by atoms with Crippen molar-refractivity contribution in [2.75, 3.05) is 12.8 Å². The minimum Gasteiger partial charge on any atom is -0.455 e. The molecule has 166 valence electrons. The second kappa shape index (κ2) is 8.76. The summed E-state index contributed by atoms with van der Waals surface area (Å²) in [6.45, 7) is 5.66. The molecule has 0 atom stereocenters. The van der Waals surface area contributed by atoms with E-state index in [1.165, 1.54) is 0 Å². The fourth-order valence-corrected chi connectivity index (χ4v) is 3.53. The van der Waals surface area contributed by atoms with Crippen molar-refractivity contribution in [1.82, 2.24) is 9.97 Å². The highest BCUT2D eigenvalue weighted by molar-refractivity contribution is 6.09. The van der Waals surface area contributed by atoms with Gasteiger partial charge in [-0.25, -0.2) is 9.78 Å². The fraction of sp³-hybridized carbons (Fsp3) is 0.250. The van der Waals surface area contributed by atoms with E-state index in [0.29, 0.717) is 22.7 Å². The Bertz CT molecular complexity index is 1300. The first-order valence-corrected chi connectivity index (χ1v) is 10.2. The third-order valence-electron chi connectivity index (χ3n) is 4.86. The minimum atomic E-state index is -0.817. The summed E-state index contributed by atoms with van der Waals surface area (Å²) in [6, 6.07) is 11.3. The molecule has 4 aromatic rings. The van der Waals surface area contributed by atoms with E-state index in [0.717, 1.165) is 27.4 Å². The number of carbonyl (C=O) groups excluding carboxylic acids is 1. The molecular weight excluding hydrogens is 410 g/mol. The molecule has 0 spiro atoms. The van der Waals surface area contributed by atoms with Crippen LogP contribution in [0.25, 0.3) is 21.8 Å². The first kappa shape index (κ1) is 21.5. The molecule has 2 aromatic carbocycles. The van der Waals surface area contributed by atoms with Crippen LogP contribution in [0.3, 0.4) is 0 Å². The summed E-state index contributed by atoms with van der Waals surface area (Å²) in [5, 5.41) is 1.70. The molecule has 2 aromatic heterocycles. The van der Waals surface area contributed by atoms with Crippen molar-refractivity contribution in [3.63, 3.8) is 0 Å². The summed E-state index contributed by atoms with van der Waals surface area (Å²) in [6.07, 6.45) is 0.493. The zero-order valence-electron chi connectivity index (χ0n) is 18.4. The Kier molecular flexibility index (Phi) is 5.87. The van der Waals surface area contributed by atoms with Gasteiger partial charge in [-0.15, -0.1) is 0 Å². The van der Waals surface area contributed by atoms with Crippen molar-refractivity contribution in [2.45, 2.75) is 33.5 Å². The fourth-order valence-electron chi connectivity index (χ4n) is 3.53. The number of H-pyrrole nitrogens is 1. The summed E-state index contributed by atoms with van der Waals surface area (Å²) < 4.78 is 21.9. The van der Waals surface area contributed by atoms with Crippen molar-refractivity contribution in [3.8, 4) is 17.4 Å². The molecule has 0 fully saturated rings. The Labute approximate surface area is 185 Å². The number of rotatable bonds is 6. The van der Waals surface area contributed by atoms with Crippen molar-refractivity contribution in [3.05, 3.63) is 53.7 Å². The average molecular weight is 435 g/mol. The second-order valence-electron chi connectivity index (χ2n) is 7.76. The van der Waals surface area contributed by atoms with Crippen LogP contribution in [-0.4, -0.2) is 29.3 Å². The molecule has 0 bridgehead atoms. The van der Waals surface area contributed by atoms with Gasteiger partial charge in [0.1, 0.15) is 11.5 Å². The predicted octanol–water partition coefficient (Wildman–Crippen LogP) is 5.47. The SMILES string of the molecule is COCc1c(OC(=O)OC(C)C)ncc2[nH]c3ccc(Oc4ccc(C)cc4N)cc3c12. The maximum atomic E-state index is 12.1. The van der Waals surface area contributed by atoms with Crippen LogP contribution >= 0.6 is 0 Å². The zero-order valence-corrected chi connectivity index (χ0v) is 18.4. The van der Waals surface area contributed by atoms with E-state index < -0.39 is 6.16 Å². The first-order chi connectivity index (χ1) is 15.4. The molecule has 4 rings (SSSR count). The van der Waals surface area contributed by atoms with E-state index in [9.17, 15) is 4.79 Å². The summed E-state index contributed by atoms with van der Waals surface area (Å²) in [5.41, 5.74) is 10.0. The number of ether oxygens (including phenoxy) is 4. The molecule has 0 amide bonds. The molecule has 8 heteroatoms. The van der Waals surface area contributed by atoms with Crippen LogP contribution in [0, 0.1) is 6.92 Å². The summed E-state index contributed by atoms with van der Waals surface area (Å²) in [4.78, 5) is 19.7. The highest BCUT2D eigenvalue weighted by Crippen LogP contribution is 2.36. The maximum Gasteiger partial charge on any atom is 0.515 e. The van der Waals surface area contributed by atoms with E-state index in [1.54, 1.807) is 27.2 Å². The largest absolute Gasteiger partial charge is 0.515 e. The molecule has 0 unspecified atom stereocenters. The van der Waals surface area contributed by atoms with Crippen molar-refractivity contribution in [1.29, 1.82) is 0 Å². The molecule has 8 nitrogen and oxygen atoms in total. The van der Waals surface area contributed by atoms with E-state index in [2.05, 4.69) is 9.97 Å². The number of anilines is 1. The Morgan fingerprint density at radius 1 is 1.16 bits per heavy atom. The molecule has 0 saturated heterocycles. The number of pyridine rings is 1. The standard InChI is InChI=1S/C24H25N3O5/c1-13(2)30-24(28)32-23-17(12-29-4)22-16-10-15(6-7-19(16)27-20(22)11-26-23)31-21-8-5-14(3)9-18(21)25/h5-11,13,27H,12,25H2,1-4H3. The lowest BCUT2D eigenvalue weighted by Crippen LogP contribution is -2.17. The van der Waals surface area contributed by atoms with Gasteiger partial charge in [0.05, 0.1) is 35.7 Å². The van der Waals surface area contributed by atoms with Gasteiger partial charge in [-0.2, -0.15) is 0 Å². The molecule has 0 saturated carbocycles. The first-order valence-electron chi connectivity index (χ1n) is 10.2. The Morgan fingerprint density at radius 3 is 2.69 bits per heavy atom. The number of aromatic amines is 1. The number of hydrogen-bond donors (Lipinski definition) is 2. The third kappa shape index (κ3) is 4.31. The lowest BCUT2D eigenvalue weighted by atomic mass is 10.1. The number of hydrogen-bond acceptors (Lipinski definition) is 7. The van der Waals surface area contributed by atoms with E-state index in [1.807, 2.05) is 43.3 Å². The summed E-state index contributed by atoms with van der Waals surface area (Å²) >= 11 is 0. The number of fused-ring (bicyclic) bond motifs is 3. The van der Waals surface area contributed by atoms with E-state index in [4.69, 9.17) is 24.7 Å². The van der Waals surface area contributed by atoms with E-state index in [-0.39, 0.29) is 18.6 Å². The molecule has 2 heterocycles. The zero-order chi connectivity index (χ0) is 22.8. The monoisotopic (exact) mass is 435 g/mol. The number of nitrogens with zero attached hydrogens (tertiary/aromatic N) is 1. The van der Waals surface area contributed by atoms with Gasteiger partial charge in [0.2, 0.25) is 5.88 Å². The minimum absolute atomic E-state index is 0.139. The van der Waals surface area contributed by atoms with Gasteiger partial charge in [-0.1, -0.05) is 6.07 Å². The van der Waals surface area contributed by atoms with Crippen molar-refractivity contribution >= 4 is 33.6 Å². The molecule has 3 N–H and O–H groups in total. The highest BCUT2D eigenvalue weighted by Gasteiger charge is 2.19. The number of carbonyl (C=O) groups is 1. The van der Waals surface area contributed by atoms with Crippen LogP contribution in [0.15, 0.2) is 42.6 Å². The van der Waals surface area contributed by atoms with Crippen LogP contribution in [0.4, 0.5) is 10.5 Å². The maximum absolute atomic E-state index is 12.1. The van der Waals surface area contributed by atoms with E-state index >= 15 is 0 Å². The second-order valence-corrected chi connectivity index (χ2v) is 7.76. The third-order valence-corrected chi connectivity index (χ3v) is 4.86. The van der Waals surface area contributed by atoms with Crippen LogP contribution in [0.2, 0.25) is 0 Å². The molecule has 32 heavy (non-hydrogen) atoms. The molecule has 0 aliphatic heterocycles. The number of benzene rings is 2. The smallest absolute Gasteiger partial charge is 0.455 e. The lowest BCUT2D eigenvalue weighted by Gasteiger charge is -2.12. The number of aryl methyl sites for hydroxylation is 1. The van der Waals surface area contributed by atoms with Gasteiger partial charge in [-0.05, 0) is 56.7 Å². The van der Waals surface area contributed by atoms with Crippen LogP contribution < -0.4 is 15.2 Å². The number of aromatic nitrogens is 2. The number of nitrogen functional groups attached to an aromatic ring is 1. The number of methoxy groups -OCH3 is 1. The van der Waals surface area contributed by atoms with Gasteiger partial charge in [0.15, 0.2) is 0 Å². The van der Waals surface area contributed by atoms with Crippen molar-refractivity contribution < 1.29 is 23.7 Å². The number of nitrogens with one attached hydrogen (secondary N) is 1. The average Bonchev–Trinajstić information content (AvgIpc) is 3.09. The summed E-state index contributed by atoms with van der Waals surface area (Å²) in [7, 11) is 1.57. The Balaban J connectivity index is 1.79. The topological polar surface area (TPSA) is 109 Å². The van der Waals surface area contributed by atoms with Gasteiger partial charge >= 0.3 is 6.16 Å².